The molecule has 0 radical (unpaired) electrons. The number of hydrogen-bond donors (Lipinski definition) is 1. The van der Waals surface area contributed by atoms with Gasteiger partial charge in [-0.1, -0.05) is 20.8 Å². The third-order valence-corrected chi connectivity index (χ3v) is 5.68. The number of likely N-dealkylation sites (tertiary alicyclic amines) is 1. The van der Waals surface area contributed by atoms with E-state index in [0.717, 1.165) is 50.4 Å². The summed E-state index contributed by atoms with van der Waals surface area (Å²) in [6, 6.07) is 0. The second-order valence-electron chi connectivity index (χ2n) is 8.46. The van der Waals surface area contributed by atoms with E-state index < -0.39 is 0 Å². The fourth-order valence-electron chi connectivity index (χ4n) is 5.13. The molecular formula is C17H31ClN2O. The molecule has 0 bridgehead atoms. The average molecular weight is 315 g/mol. The van der Waals surface area contributed by atoms with Gasteiger partial charge in [0, 0.05) is 32.6 Å². The molecule has 2 heterocycles. The molecule has 3 rings (SSSR count). The van der Waals surface area contributed by atoms with Gasteiger partial charge in [-0.3, -0.25) is 4.79 Å². The van der Waals surface area contributed by atoms with E-state index in [9.17, 15) is 4.79 Å². The van der Waals surface area contributed by atoms with Gasteiger partial charge in [0.25, 0.3) is 0 Å². The molecule has 2 saturated heterocycles. The lowest BCUT2D eigenvalue weighted by Crippen LogP contribution is -2.35. The SMILES string of the molecule is CC1CC(CC(=O)N2C[C@H]3CNC[C@H]3C2)CC(C)(C)C1.Cl. The van der Waals surface area contributed by atoms with E-state index in [1.54, 1.807) is 0 Å². The molecule has 3 fully saturated rings. The lowest BCUT2D eigenvalue weighted by Gasteiger charge is -2.39. The minimum Gasteiger partial charge on any atom is -0.342 e. The Morgan fingerprint density at radius 1 is 1.19 bits per heavy atom. The van der Waals surface area contributed by atoms with Crippen LogP contribution in [0.25, 0.3) is 0 Å². The van der Waals surface area contributed by atoms with Crippen LogP contribution in [0, 0.1) is 29.1 Å². The molecule has 2 aliphatic heterocycles. The molecule has 0 aromatic carbocycles. The highest BCUT2D eigenvalue weighted by Crippen LogP contribution is 2.43. The van der Waals surface area contributed by atoms with Crippen molar-refractivity contribution >= 4 is 18.3 Å². The Bertz CT molecular complexity index is 373. The molecule has 3 aliphatic rings. The van der Waals surface area contributed by atoms with Gasteiger partial charge in [-0.15, -0.1) is 12.4 Å². The monoisotopic (exact) mass is 314 g/mol. The van der Waals surface area contributed by atoms with Crippen LogP contribution in [0.3, 0.4) is 0 Å². The molecule has 3 nitrogen and oxygen atoms in total. The molecule has 0 spiro atoms. The zero-order valence-electron chi connectivity index (χ0n) is 13.7. The summed E-state index contributed by atoms with van der Waals surface area (Å²) < 4.78 is 0. The Kier molecular flexibility index (Phi) is 5.25. The molecule has 2 unspecified atom stereocenters. The third-order valence-electron chi connectivity index (χ3n) is 5.68. The fraction of sp³-hybridized carbons (Fsp3) is 0.941. The molecule has 21 heavy (non-hydrogen) atoms. The predicted molar refractivity (Wildman–Crippen MR) is 88.6 cm³/mol. The zero-order chi connectivity index (χ0) is 14.3. The van der Waals surface area contributed by atoms with Crippen LogP contribution in [0.2, 0.25) is 0 Å². The second-order valence-corrected chi connectivity index (χ2v) is 8.46. The van der Waals surface area contributed by atoms with Gasteiger partial charge in [0.15, 0.2) is 0 Å². The van der Waals surface area contributed by atoms with Crippen molar-refractivity contribution in [2.24, 2.45) is 29.1 Å². The summed E-state index contributed by atoms with van der Waals surface area (Å²) in [5.41, 5.74) is 0.425. The number of hydrogen-bond acceptors (Lipinski definition) is 2. The first-order valence-electron chi connectivity index (χ1n) is 8.41. The highest BCUT2D eigenvalue weighted by molar-refractivity contribution is 5.85. The standard InChI is InChI=1S/C17H30N2O.ClH/c1-12-4-13(7-17(2,3)6-12)5-16(20)19-10-14-8-18-9-15(14)11-19;/h12-15,18H,4-11H2,1-3H3;1H/t12?,13?,14-,15+;. The summed E-state index contributed by atoms with van der Waals surface area (Å²) >= 11 is 0. The number of amides is 1. The second kappa shape index (κ2) is 6.45. The molecule has 122 valence electrons. The molecule has 0 aromatic rings. The fourth-order valence-corrected chi connectivity index (χ4v) is 5.13. The van der Waals surface area contributed by atoms with Gasteiger partial charge in [0.05, 0.1) is 0 Å². The van der Waals surface area contributed by atoms with Crippen molar-refractivity contribution in [3.05, 3.63) is 0 Å². The van der Waals surface area contributed by atoms with Crippen molar-refractivity contribution in [2.45, 2.75) is 46.5 Å². The topological polar surface area (TPSA) is 32.3 Å². The Hall–Kier alpha value is -0.280. The Balaban J connectivity index is 0.00000161. The predicted octanol–water partition coefficient (Wildman–Crippen LogP) is 2.94. The van der Waals surface area contributed by atoms with Crippen LogP contribution < -0.4 is 5.32 Å². The molecular weight excluding hydrogens is 284 g/mol. The summed E-state index contributed by atoms with van der Waals surface area (Å²) in [4.78, 5) is 14.7. The van der Waals surface area contributed by atoms with Crippen LogP contribution in [0.15, 0.2) is 0 Å². The Morgan fingerprint density at radius 2 is 1.81 bits per heavy atom. The Morgan fingerprint density at radius 3 is 2.38 bits per heavy atom. The van der Waals surface area contributed by atoms with Crippen molar-refractivity contribution in [2.75, 3.05) is 26.2 Å². The Labute approximate surface area is 135 Å². The van der Waals surface area contributed by atoms with E-state index >= 15 is 0 Å². The van der Waals surface area contributed by atoms with Crippen LogP contribution >= 0.6 is 12.4 Å². The van der Waals surface area contributed by atoms with E-state index in [1.165, 1.54) is 19.3 Å². The van der Waals surface area contributed by atoms with Crippen LogP contribution in [0.4, 0.5) is 0 Å². The maximum atomic E-state index is 12.6. The van der Waals surface area contributed by atoms with Gasteiger partial charge < -0.3 is 10.2 Å². The molecule has 4 atom stereocenters. The van der Waals surface area contributed by atoms with E-state index in [4.69, 9.17) is 0 Å². The average Bonchev–Trinajstić information content (AvgIpc) is 2.84. The summed E-state index contributed by atoms with van der Waals surface area (Å²) in [5.74, 6) is 3.26. The van der Waals surface area contributed by atoms with Crippen LogP contribution in [0.5, 0.6) is 0 Å². The number of nitrogens with one attached hydrogen (secondary N) is 1. The van der Waals surface area contributed by atoms with Gasteiger partial charge in [-0.25, -0.2) is 0 Å². The van der Waals surface area contributed by atoms with Crippen molar-refractivity contribution < 1.29 is 4.79 Å². The van der Waals surface area contributed by atoms with Crippen molar-refractivity contribution in [1.82, 2.24) is 10.2 Å². The van der Waals surface area contributed by atoms with Gasteiger partial charge in [-0.05, 0) is 48.3 Å². The lowest BCUT2D eigenvalue weighted by atomic mass is 9.67. The van der Waals surface area contributed by atoms with E-state index in [2.05, 4.69) is 31.0 Å². The van der Waals surface area contributed by atoms with Crippen LogP contribution in [-0.4, -0.2) is 37.0 Å². The minimum absolute atomic E-state index is 0. The summed E-state index contributed by atoms with van der Waals surface area (Å²) in [7, 11) is 0. The zero-order valence-corrected chi connectivity index (χ0v) is 14.5. The van der Waals surface area contributed by atoms with Crippen molar-refractivity contribution in [3.63, 3.8) is 0 Å². The summed E-state index contributed by atoms with van der Waals surface area (Å²) in [6.45, 7) is 11.3. The number of halogens is 1. The maximum absolute atomic E-state index is 12.6. The normalized spacial score (nSPS) is 38.0. The third kappa shape index (κ3) is 3.92. The van der Waals surface area contributed by atoms with E-state index in [-0.39, 0.29) is 12.4 Å². The number of carbonyl (C=O) groups is 1. The minimum atomic E-state index is 0. The first-order valence-corrected chi connectivity index (χ1v) is 8.41. The van der Waals surface area contributed by atoms with Gasteiger partial charge in [0.2, 0.25) is 5.91 Å². The lowest BCUT2D eigenvalue weighted by molar-refractivity contribution is -0.132. The smallest absolute Gasteiger partial charge is 0.222 e. The van der Waals surface area contributed by atoms with Gasteiger partial charge in [0.1, 0.15) is 0 Å². The summed E-state index contributed by atoms with van der Waals surface area (Å²) in [5, 5.41) is 3.44. The van der Waals surface area contributed by atoms with Gasteiger partial charge in [-0.2, -0.15) is 0 Å². The largest absolute Gasteiger partial charge is 0.342 e. The van der Waals surface area contributed by atoms with Gasteiger partial charge >= 0.3 is 0 Å². The molecule has 1 N–H and O–H groups in total. The van der Waals surface area contributed by atoms with E-state index in [0.29, 0.717) is 17.2 Å². The highest BCUT2D eigenvalue weighted by Gasteiger charge is 2.39. The molecule has 4 heteroatoms. The number of rotatable bonds is 2. The number of fused-ring (bicyclic) bond motifs is 1. The first kappa shape index (κ1) is 17.1. The van der Waals surface area contributed by atoms with Crippen molar-refractivity contribution in [3.8, 4) is 0 Å². The highest BCUT2D eigenvalue weighted by atomic mass is 35.5. The molecule has 0 aromatic heterocycles. The molecule has 1 aliphatic carbocycles. The number of nitrogens with zero attached hydrogens (tertiary/aromatic N) is 1. The van der Waals surface area contributed by atoms with Crippen molar-refractivity contribution in [1.29, 1.82) is 0 Å². The maximum Gasteiger partial charge on any atom is 0.222 e. The van der Waals surface area contributed by atoms with Crippen LogP contribution in [0.1, 0.15) is 46.5 Å². The van der Waals surface area contributed by atoms with E-state index in [1.807, 2.05) is 0 Å². The quantitative estimate of drug-likeness (QED) is 0.850. The summed E-state index contributed by atoms with van der Waals surface area (Å²) in [6.07, 6.45) is 4.58. The molecule has 1 saturated carbocycles. The molecule has 1 amide bonds. The first-order chi connectivity index (χ1) is 9.43. The van der Waals surface area contributed by atoms with Crippen LogP contribution in [-0.2, 0) is 4.79 Å². The number of carbonyl (C=O) groups excluding carboxylic acids is 1.